The van der Waals surface area contributed by atoms with Crippen LogP contribution < -0.4 is 0 Å². The Labute approximate surface area is 115 Å². The molecule has 1 N–H and O–H groups in total. The van der Waals surface area contributed by atoms with E-state index in [0.717, 1.165) is 31.0 Å². The molecule has 2 aromatic rings. The Kier molecular flexibility index (Phi) is 5.16. The van der Waals surface area contributed by atoms with Crippen LogP contribution in [0.5, 0.6) is 0 Å². The summed E-state index contributed by atoms with van der Waals surface area (Å²) in [5.74, 6) is 1.55. The smallest absolute Gasteiger partial charge is 0.106 e. The summed E-state index contributed by atoms with van der Waals surface area (Å²) in [6.45, 7) is 5.77. The van der Waals surface area contributed by atoms with Crippen LogP contribution in [0.25, 0.3) is 0 Å². The highest BCUT2D eigenvalue weighted by molar-refractivity contribution is 5.13. The third kappa shape index (κ3) is 4.52. The van der Waals surface area contributed by atoms with E-state index in [9.17, 15) is 0 Å². The topological polar surface area (TPSA) is 37.9 Å². The van der Waals surface area contributed by atoms with Crippen molar-refractivity contribution in [2.75, 3.05) is 6.61 Å². The average Bonchev–Trinajstić information content (AvgIpc) is 2.89. The molecule has 1 heterocycles. The van der Waals surface area contributed by atoms with Crippen molar-refractivity contribution in [3.8, 4) is 0 Å². The Morgan fingerprint density at radius 3 is 2.68 bits per heavy atom. The van der Waals surface area contributed by atoms with Crippen LogP contribution in [0.2, 0.25) is 0 Å². The van der Waals surface area contributed by atoms with E-state index >= 15 is 0 Å². The van der Waals surface area contributed by atoms with Crippen LogP contribution in [0.1, 0.15) is 43.3 Å². The van der Waals surface area contributed by atoms with Gasteiger partial charge in [0, 0.05) is 19.2 Å². The lowest BCUT2D eigenvalue weighted by atomic mass is 10.2. The molecule has 0 aliphatic carbocycles. The molecule has 0 fully saturated rings. The quantitative estimate of drug-likeness (QED) is 0.769. The van der Waals surface area contributed by atoms with Gasteiger partial charge >= 0.3 is 0 Å². The molecule has 0 saturated carbocycles. The number of imidazole rings is 1. The van der Waals surface area contributed by atoms with E-state index in [-0.39, 0.29) is 0 Å². The molecule has 0 unspecified atom stereocenters. The maximum atomic E-state index is 5.65. The van der Waals surface area contributed by atoms with Crippen molar-refractivity contribution in [2.45, 2.75) is 39.2 Å². The van der Waals surface area contributed by atoms with Gasteiger partial charge in [0.15, 0.2) is 0 Å². The molecule has 0 radical (unpaired) electrons. The maximum Gasteiger partial charge on any atom is 0.106 e. The van der Waals surface area contributed by atoms with Gasteiger partial charge in [-0.2, -0.15) is 0 Å². The SMILES string of the molecule is CC(C)c1c[nH]c(CCCOCc2ccccc2)n1. The van der Waals surface area contributed by atoms with E-state index in [1.807, 2.05) is 24.4 Å². The normalized spacial score (nSPS) is 11.1. The molecule has 0 spiro atoms. The Bertz CT molecular complexity index is 477. The third-order valence-corrected chi connectivity index (χ3v) is 3.06. The number of nitrogens with one attached hydrogen (secondary N) is 1. The first-order valence-electron chi connectivity index (χ1n) is 6.91. The maximum absolute atomic E-state index is 5.65. The van der Waals surface area contributed by atoms with Crippen LogP contribution >= 0.6 is 0 Å². The molecule has 102 valence electrons. The van der Waals surface area contributed by atoms with E-state index in [4.69, 9.17) is 4.74 Å². The van der Waals surface area contributed by atoms with Crippen molar-refractivity contribution in [3.05, 3.63) is 53.6 Å². The monoisotopic (exact) mass is 258 g/mol. The van der Waals surface area contributed by atoms with E-state index in [1.165, 1.54) is 5.56 Å². The number of hydrogen-bond acceptors (Lipinski definition) is 2. The fourth-order valence-electron chi connectivity index (χ4n) is 1.91. The lowest BCUT2D eigenvalue weighted by molar-refractivity contribution is 0.118. The number of rotatable bonds is 7. The first-order valence-corrected chi connectivity index (χ1v) is 6.91. The fraction of sp³-hybridized carbons (Fsp3) is 0.438. The molecule has 19 heavy (non-hydrogen) atoms. The molecular formula is C16H22N2O. The zero-order chi connectivity index (χ0) is 13.5. The van der Waals surface area contributed by atoms with E-state index in [2.05, 4.69) is 35.9 Å². The average molecular weight is 258 g/mol. The highest BCUT2D eigenvalue weighted by atomic mass is 16.5. The predicted molar refractivity (Wildman–Crippen MR) is 77.1 cm³/mol. The van der Waals surface area contributed by atoms with Crippen LogP contribution in [0.4, 0.5) is 0 Å². The molecular weight excluding hydrogens is 236 g/mol. The number of H-pyrrole nitrogens is 1. The lowest BCUT2D eigenvalue weighted by Crippen LogP contribution is -1.98. The Balaban J connectivity index is 1.64. The molecule has 0 bridgehead atoms. The molecule has 3 heteroatoms. The molecule has 1 aromatic heterocycles. The number of aromatic nitrogens is 2. The summed E-state index contributed by atoms with van der Waals surface area (Å²) in [5, 5.41) is 0. The third-order valence-electron chi connectivity index (χ3n) is 3.06. The number of aryl methyl sites for hydroxylation is 1. The van der Waals surface area contributed by atoms with Gasteiger partial charge in [-0.3, -0.25) is 0 Å². The Morgan fingerprint density at radius 1 is 1.21 bits per heavy atom. The molecule has 3 nitrogen and oxygen atoms in total. The van der Waals surface area contributed by atoms with Gasteiger partial charge in [0.1, 0.15) is 5.82 Å². The Hall–Kier alpha value is -1.61. The molecule has 0 amide bonds. The van der Waals surface area contributed by atoms with Gasteiger partial charge < -0.3 is 9.72 Å². The minimum atomic E-state index is 0.485. The van der Waals surface area contributed by atoms with Gasteiger partial charge in [0.2, 0.25) is 0 Å². The fourth-order valence-corrected chi connectivity index (χ4v) is 1.91. The first kappa shape index (κ1) is 13.8. The molecule has 1 aromatic carbocycles. The zero-order valence-corrected chi connectivity index (χ0v) is 11.7. The van der Waals surface area contributed by atoms with Gasteiger partial charge in [0.05, 0.1) is 12.3 Å². The lowest BCUT2D eigenvalue weighted by Gasteiger charge is -2.03. The summed E-state index contributed by atoms with van der Waals surface area (Å²) in [6, 6.07) is 10.3. The van der Waals surface area contributed by atoms with Gasteiger partial charge in [-0.25, -0.2) is 4.98 Å². The molecule has 0 saturated heterocycles. The Morgan fingerprint density at radius 2 is 2.00 bits per heavy atom. The van der Waals surface area contributed by atoms with E-state index in [1.54, 1.807) is 0 Å². The highest BCUT2D eigenvalue weighted by Crippen LogP contribution is 2.11. The van der Waals surface area contributed by atoms with Crippen molar-refractivity contribution in [3.63, 3.8) is 0 Å². The molecule has 0 aliphatic heterocycles. The van der Waals surface area contributed by atoms with Crippen molar-refractivity contribution >= 4 is 0 Å². The summed E-state index contributed by atoms with van der Waals surface area (Å²) in [6.07, 6.45) is 3.95. The largest absolute Gasteiger partial charge is 0.377 e. The number of nitrogens with zero attached hydrogens (tertiary/aromatic N) is 1. The second kappa shape index (κ2) is 7.10. The summed E-state index contributed by atoms with van der Waals surface area (Å²) in [5.41, 5.74) is 2.36. The van der Waals surface area contributed by atoms with Crippen molar-refractivity contribution in [2.24, 2.45) is 0 Å². The summed E-state index contributed by atoms with van der Waals surface area (Å²) < 4.78 is 5.65. The van der Waals surface area contributed by atoms with E-state index in [0.29, 0.717) is 12.5 Å². The molecule has 0 aliphatic rings. The van der Waals surface area contributed by atoms with Gasteiger partial charge in [-0.05, 0) is 17.9 Å². The number of benzene rings is 1. The van der Waals surface area contributed by atoms with Crippen LogP contribution in [0, 0.1) is 0 Å². The standard InChI is InChI=1S/C16H22N2O/c1-13(2)15-11-17-16(18-15)9-6-10-19-12-14-7-4-3-5-8-14/h3-5,7-8,11,13H,6,9-10,12H2,1-2H3,(H,17,18). The zero-order valence-electron chi connectivity index (χ0n) is 11.7. The van der Waals surface area contributed by atoms with Crippen molar-refractivity contribution in [1.29, 1.82) is 0 Å². The first-order chi connectivity index (χ1) is 9.25. The highest BCUT2D eigenvalue weighted by Gasteiger charge is 2.04. The predicted octanol–water partition coefficient (Wildman–Crippen LogP) is 3.68. The van der Waals surface area contributed by atoms with Crippen LogP contribution in [0.3, 0.4) is 0 Å². The minimum Gasteiger partial charge on any atom is -0.377 e. The van der Waals surface area contributed by atoms with Crippen LogP contribution in [0.15, 0.2) is 36.5 Å². The van der Waals surface area contributed by atoms with Gasteiger partial charge in [-0.15, -0.1) is 0 Å². The van der Waals surface area contributed by atoms with Gasteiger partial charge in [0.25, 0.3) is 0 Å². The second-order valence-corrected chi connectivity index (χ2v) is 5.07. The van der Waals surface area contributed by atoms with Gasteiger partial charge in [-0.1, -0.05) is 44.2 Å². The minimum absolute atomic E-state index is 0.485. The summed E-state index contributed by atoms with van der Waals surface area (Å²) in [4.78, 5) is 7.78. The van der Waals surface area contributed by atoms with Crippen molar-refractivity contribution in [1.82, 2.24) is 9.97 Å². The summed E-state index contributed by atoms with van der Waals surface area (Å²) >= 11 is 0. The van der Waals surface area contributed by atoms with Crippen LogP contribution in [-0.2, 0) is 17.8 Å². The molecule has 0 atom stereocenters. The summed E-state index contributed by atoms with van der Waals surface area (Å²) in [7, 11) is 0. The molecule has 2 rings (SSSR count). The van der Waals surface area contributed by atoms with Crippen molar-refractivity contribution < 1.29 is 4.74 Å². The van der Waals surface area contributed by atoms with E-state index < -0.39 is 0 Å². The number of hydrogen-bond donors (Lipinski definition) is 1. The second-order valence-electron chi connectivity index (χ2n) is 5.07. The van der Waals surface area contributed by atoms with Crippen LogP contribution in [-0.4, -0.2) is 16.6 Å². The number of aromatic amines is 1. The number of ether oxygens (including phenoxy) is 1.